The zero-order chi connectivity index (χ0) is 12.5. The Morgan fingerprint density at radius 3 is 2.78 bits per heavy atom. The van der Waals surface area contributed by atoms with Crippen LogP contribution in [0, 0.1) is 6.92 Å². The molecule has 0 unspecified atom stereocenters. The van der Waals surface area contributed by atoms with Crippen LogP contribution in [0.3, 0.4) is 0 Å². The topological polar surface area (TPSA) is 67.6 Å². The van der Waals surface area contributed by atoms with Crippen molar-refractivity contribution in [3.05, 3.63) is 23.3 Å². The molecule has 0 bridgehead atoms. The summed E-state index contributed by atoms with van der Waals surface area (Å²) < 4.78 is 0. The first-order valence-electron chi connectivity index (χ1n) is 6.84. The van der Waals surface area contributed by atoms with Crippen LogP contribution in [-0.2, 0) is 6.54 Å². The largest absolute Gasteiger partial charge is 0.346 e. The van der Waals surface area contributed by atoms with Crippen molar-refractivity contribution in [3.63, 3.8) is 0 Å². The van der Waals surface area contributed by atoms with Crippen LogP contribution >= 0.6 is 0 Å². The van der Waals surface area contributed by atoms with Gasteiger partial charge in [-0.3, -0.25) is 0 Å². The van der Waals surface area contributed by atoms with E-state index in [0.717, 1.165) is 28.1 Å². The zero-order valence-corrected chi connectivity index (χ0v) is 10.9. The van der Waals surface area contributed by atoms with Gasteiger partial charge in [-0.05, 0) is 25.3 Å². The van der Waals surface area contributed by atoms with Crippen molar-refractivity contribution >= 4 is 11.0 Å². The molecule has 1 aliphatic rings. The van der Waals surface area contributed by atoms with Gasteiger partial charge in [0.15, 0.2) is 0 Å². The molecule has 0 atom stereocenters. The third-order valence-electron chi connectivity index (χ3n) is 4.00. The van der Waals surface area contributed by atoms with Gasteiger partial charge in [-0.1, -0.05) is 19.3 Å². The van der Waals surface area contributed by atoms with E-state index in [1.807, 2.05) is 6.20 Å². The number of rotatable bonds is 2. The summed E-state index contributed by atoms with van der Waals surface area (Å²) >= 11 is 0. The molecule has 2 heterocycles. The summed E-state index contributed by atoms with van der Waals surface area (Å²) in [6.45, 7) is 2.59. The second-order valence-corrected chi connectivity index (χ2v) is 5.24. The van der Waals surface area contributed by atoms with Crippen molar-refractivity contribution in [2.75, 3.05) is 0 Å². The standard InChI is InChI=1S/C14H20N4/c1-9-12-11(7-15)8-16-14(12)18-13(17-9)10-5-3-2-4-6-10/h8,10H,2-7,15H2,1H3,(H,16,17,18). The molecular weight excluding hydrogens is 224 g/mol. The third-order valence-corrected chi connectivity index (χ3v) is 4.00. The zero-order valence-electron chi connectivity index (χ0n) is 10.9. The molecule has 0 amide bonds. The molecule has 96 valence electrons. The van der Waals surface area contributed by atoms with E-state index in [1.54, 1.807) is 0 Å². The van der Waals surface area contributed by atoms with E-state index < -0.39 is 0 Å². The Morgan fingerprint density at radius 2 is 2.06 bits per heavy atom. The van der Waals surface area contributed by atoms with Crippen LogP contribution in [0.2, 0.25) is 0 Å². The van der Waals surface area contributed by atoms with Crippen molar-refractivity contribution in [1.29, 1.82) is 0 Å². The molecule has 0 aliphatic heterocycles. The fourth-order valence-electron chi connectivity index (χ4n) is 3.02. The van der Waals surface area contributed by atoms with Gasteiger partial charge in [0.2, 0.25) is 0 Å². The van der Waals surface area contributed by atoms with Crippen LogP contribution in [0.1, 0.15) is 55.1 Å². The van der Waals surface area contributed by atoms with Crippen molar-refractivity contribution in [2.24, 2.45) is 5.73 Å². The van der Waals surface area contributed by atoms with Gasteiger partial charge in [0.05, 0.1) is 5.69 Å². The number of fused-ring (bicyclic) bond motifs is 1. The van der Waals surface area contributed by atoms with E-state index >= 15 is 0 Å². The Morgan fingerprint density at radius 1 is 1.28 bits per heavy atom. The van der Waals surface area contributed by atoms with Crippen molar-refractivity contribution < 1.29 is 0 Å². The molecule has 3 N–H and O–H groups in total. The quantitative estimate of drug-likeness (QED) is 0.853. The summed E-state index contributed by atoms with van der Waals surface area (Å²) in [6, 6.07) is 0. The van der Waals surface area contributed by atoms with Crippen LogP contribution in [0.25, 0.3) is 11.0 Å². The number of hydrogen-bond acceptors (Lipinski definition) is 3. The molecule has 0 spiro atoms. The molecular formula is C14H20N4. The third kappa shape index (κ3) is 1.90. The van der Waals surface area contributed by atoms with Gasteiger partial charge in [0, 0.05) is 24.0 Å². The monoisotopic (exact) mass is 244 g/mol. The van der Waals surface area contributed by atoms with Crippen molar-refractivity contribution in [2.45, 2.75) is 51.5 Å². The first-order valence-corrected chi connectivity index (χ1v) is 6.84. The van der Waals surface area contributed by atoms with E-state index in [-0.39, 0.29) is 0 Å². The smallest absolute Gasteiger partial charge is 0.141 e. The Labute approximate surface area is 107 Å². The van der Waals surface area contributed by atoms with Crippen LogP contribution in [0.15, 0.2) is 6.20 Å². The van der Waals surface area contributed by atoms with Gasteiger partial charge in [0.25, 0.3) is 0 Å². The summed E-state index contributed by atoms with van der Waals surface area (Å²) in [5, 5.41) is 1.11. The SMILES string of the molecule is Cc1nc(C2CCCCC2)nc2[nH]cc(CN)c12. The highest BCUT2D eigenvalue weighted by Crippen LogP contribution is 2.32. The van der Waals surface area contributed by atoms with Crippen LogP contribution in [-0.4, -0.2) is 15.0 Å². The summed E-state index contributed by atoms with van der Waals surface area (Å²) in [5.74, 6) is 1.57. The van der Waals surface area contributed by atoms with E-state index in [9.17, 15) is 0 Å². The summed E-state index contributed by atoms with van der Waals surface area (Å²) in [7, 11) is 0. The molecule has 1 saturated carbocycles. The van der Waals surface area contributed by atoms with E-state index in [2.05, 4.69) is 11.9 Å². The van der Waals surface area contributed by atoms with E-state index in [1.165, 1.54) is 32.1 Å². The minimum absolute atomic E-state index is 0.535. The minimum Gasteiger partial charge on any atom is -0.346 e. The Balaban J connectivity index is 2.04. The predicted octanol–water partition coefficient (Wildman–Crippen LogP) is 2.77. The second kappa shape index (κ2) is 4.69. The van der Waals surface area contributed by atoms with E-state index in [0.29, 0.717) is 12.5 Å². The molecule has 0 radical (unpaired) electrons. The number of nitrogens with two attached hydrogens (primary N) is 1. The van der Waals surface area contributed by atoms with Gasteiger partial charge >= 0.3 is 0 Å². The lowest BCUT2D eigenvalue weighted by molar-refractivity contribution is 0.429. The lowest BCUT2D eigenvalue weighted by Crippen LogP contribution is -2.10. The minimum atomic E-state index is 0.535. The van der Waals surface area contributed by atoms with E-state index in [4.69, 9.17) is 15.7 Å². The fraction of sp³-hybridized carbons (Fsp3) is 0.571. The number of aryl methyl sites for hydroxylation is 1. The predicted molar refractivity (Wildman–Crippen MR) is 72.3 cm³/mol. The average molecular weight is 244 g/mol. The highest BCUT2D eigenvalue weighted by atomic mass is 15.0. The maximum absolute atomic E-state index is 5.73. The molecule has 1 fully saturated rings. The van der Waals surface area contributed by atoms with Crippen molar-refractivity contribution in [1.82, 2.24) is 15.0 Å². The van der Waals surface area contributed by atoms with Gasteiger partial charge in [-0.2, -0.15) is 0 Å². The van der Waals surface area contributed by atoms with Crippen LogP contribution in [0.4, 0.5) is 0 Å². The number of nitrogens with zero attached hydrogens (tertiary/aromatic N) is 2. The average Bonchev–Trinajstić information content (AvgIpc) is 2.83. The Hall–Kier alpha value is -1.42. The summed E-state index contributed by atoms with van der Waals surface area (Å²) in [4.78, 5) is 12.7. The van der Waals surface area contributed by atoms with Gasteiger partial charge in [-0.15, -0.1) is 0 Å². The molecule has 18 heavy (non-hydrogen) atoms. The van der Waals surface area contributed by atoms with Crippen LogP contribution < -0.4 is 5.73 Å². The van der Waals surface area contributed by atoms with Gasteiger partial charge in [0.1, 0.15) is 11.5 Å². The second-order valence-electron chi connectivity index (χ2n) is 5.24. The number of H-pyrrole nitrogens is 1. The first kappa shape index (κ1) is 11.7. The molecule has 3 rings (SSSR count). The fourth-order valence-corrected chi connectivity index (χ4v) is 3.02. The molecule has 4 nitrogen and oxygen atoms in total. The highest BCUT2D eigenvalue weighted by Gasteiger charge is 2.20. The maximum atomic E-state index is 5.73. The molecule has 1 aliphatic carbocycles. The number of aromatic nitrogens is 3. The summed E-state index contributed by atoms with van der Waals surface area (Å²) in [6.07, 6.45) is 8.40. The molecule has 0 saturated heterocycles. The first-order chi connectivity index (χ1) is 8.79. The Bertz CT molecular complexity index is 552. The number of hydrogen-bond donors (Lipinski definition) is 2. The summed E-state index contributed by atoms with van der Waals surface area (Å²) in [5.41, 5.74) is 8.85. The van der Waals surface area contributed by atoms with Crippen molar-refractivity contribution in [3.8, 4) is 0 Å². The molecule has 2 aromatic rings. The molecule has 0 aromatic carbocycles. The molecule has 2 aromatic heterocycles. The Kier molecular flexibility index (Phi) is 3.04. The lowest BCUT2D eigenvalue weighted by atomic mass is 9.88. The van der Waals surface area contributed by atoms with Gasteiger partial charge < -0.3 is 10.7 Å². The number of nitrogens with one attached hydrogen (secondary N) is 1. The normalized spacial score (nSPS) is 17.4. The van der Waals surface area contributed by atoms with Gasteiger partial charge in [-0.25, -0.2) is 9.97 Å². The number of aromatic amines is 1. The maximum Gasteiger partial charge on any atom is 0.141 e. The van der Waals surface area contributed by atoms with Crippen LogP contribution in [0.5, 0.6) is 0 Å². The highest BCUT2D eigenvalue weighted by molar-refractivity contribution is 5.82. The lowest BCUT2D eigenvalue weighted by Gasteiger charge is -2.20. The molecule has 4 heteroatoms.